The lowest BCUT2D eigenvalue weighted by atomic mass is 9.86. The number of carbonyl (C=O) groups is 1. The lowest BCUT2D eigenvalue weighted by Gasteiger charge is -2.33. The molecule has 5 nitrogen and oxygen atoms in total. The van der Waals surface area contributed by atoms with E-state index < -0.39 is 17.7 Å². The van der Waals surface area contributed by atoms with Crippen LogP contribution in [-0.4, -0.2) is 41.5 Å². The fourth-order valence-electron chi connectivity index (χ4n) is 2.68. The van der Waals surface area contributed by atoms with Crippen molar-refractivity contribution in [2.75, 3.05) is 13.7 Å². The van der Waals surface area contributed by atoms with Crippen LogP contribution in [0.4, 0.5) is 0 Å². The van der Waals surface area contributed by atoms with Gasteiger partial charge in [-0.3, -0.25) is 4.84 Å². The number of hydrogen-bond acceptors (Lipinski definition) is 5. The molecule has 0 radical (unpaired) electrons. The van der Waals surface area contributed by atoms with Gasteiger partial charge in [0, 0.05) is 19.5 Å². The van der Waals surface area contributed by atoms with E-state index in [1.807, 2.05) is 44.2 Å². The van der Waals surface area contributed by atoms with Crippen molar-refractivity contribution < 1.29 is 19.5 Å². The van der Waals surface area contributed by atoms with Crippen molar-refractivity contribution in [2.45, 2.75) is 38.5 Å². The van der Waals surface area contributed by atoms with E-state index in [9.17, 15) is 9.90 Å². The first-order valence-corrected chi connectivity index (χ1v) is 7.24. The molecule has 2 atom stereocenters. The normalized spacial score (nSPS) is 24.2. The zero-order valence-corrected chi connectivity index (χ0v) is 12.8. The molecule has 1 aliphatic rings. The third kappa shape index (κ3) is 3.26. The Morgan fingerprint density at radius 2 is 2.10 bits per heavy atom. The minimum absolute atomic E-state index is 0.0965. The average molecular weight is 293 g/mol. The Balaban J connectivity index is 2.13. The maximum atomic E-state index is 12.1. The number of methoxy groups -OCH3 is 1. The van der Waals surface area contributed by atoms with Gasteiger partial charge in [-0.25, -0.2) is 4.79 Å². The zero-order chi connectivity index (χ0) is 15.5. The summed E-state index contributed by atoms with van der Waals surface area (Å²) < 4.78 is 4.86. The third-order valence-corrected chi connectivity index (χ3v) is 3.87. The van der Waals surface area contributed by atoms with Crippen LogP contribution in [0.5, 0.6) is 0 Å². The van der Waals surface area contributed by atoms with Gasteiger partial charge >= 0.3 is 5.97 Å². The second-order valence-corrected chi connectivity index (χ2v) is 5.76. The van der Waals surface area contributed by atoms with E-state index >= 15 is 0 Å². The highest BCUT2D eigenvalue weighted by atomic mass is 16.7. The number of hydrogen-bond donors (Lipinski definition) is 1. The van der Waals surface area contributed by atoms with Gasteiger partial charge in [0.2, 0.25) is 5.60 Å². The third-order valence-electron chi connectivity index (χ3n) is 3.87. The second kappa shape index (κ2) is 6.56. The predicted octanol–water partition coefficient (Wildman–Crippen LogP) is 1.75. The quantitative estimate of drug-likeness (QED) is 0.838. The smallest absolute Gasteiger partial charge is 0.343 e. The molecule has 1 heterocycles. The van der Waals surface area contributed by atoms with Crippen molar-refractivity contribution in [1.29, 1.82) is 0 Å². The Kier molecular flexibility index (Phi) is 4.98. The standard InChI is InChI=1S/C16H23NO4/c1-12(2)14(18)16(15(19)20-3)9-10-17(21-16)11-13-7-5-4-6-8-13/h4-8,12,14,18H,9-11H2,1-3H3/t14-,16+/m1/s1. The molecule has 2 rings (SSSR count). The summed E-state index contributed by atoms with van der Waals surface area (Å²) in [7, 11) is 1.32. The van der Waals surface area contributed by atoms with E-state index in [1.165, 1.54) is 7.11 Å². The summed E-state index contributed by atoms with van der Waals surface area (Å²) in [5.41, 5.74) is -0.199. The van der Waals surface area contributed by atoms with Crippen molar-refractivity contribution in [3.05, 3.63) is 35.9 Å². The van der Waals surface area contributed by atoms with Crippen molar-refractivity contribution in [3.63, 3.8) is 0 Å². The maximum absolute atomic E-state index is 12.1. The molecule has 1 aliphatic heterocycles. The predicted molar refractivity (Wildman–Crippen MR) is 78.1 cm³/mol. The van der Waals surface area contributed by atoms with Gasteiger partial charge in [-0.2, -0.15) is 5.06 Å². The van der Waals surface area contributed by atoms with Gasteiger partial charge in [-0.15, -0.1) is 0 Å². The molecule has 0 saturated carbocycles. The van der Waals surface area contributed by atoms with E-state index in [2.05, 4.69) is 0 Å². The van der Waals surface area contributed by atoms with E-state index in [0.29, 0.717) is 19.5 Å². The number of carbonyl (C=O) groups excluding carboxylic acids is 1. The minimum Gasteiger partial charge on any atom is -0.467 e. The SMILES string of the molecule is COC(=O)[C@@]1([C@H](O)C(C)C)CCN(Cc2ccccc2)O1. The summed E-state index contributed by atoms with van der Waals surface area (Å²) in [6, 6.07) is 9.88. The molecule has 1 fully saturated rings. The molecule has 0 unspecified atom stereocenters. The van der Waals surface area contributed by atoms with Crippen LogP contribution in [-0.2, 0) is 20.9 Å². The molecule has 1 aromatic carbocycles. The van der Waals surface area contributed by atoms with Gasteiger partial charge < -0.3 is 9.84 Å². The molecule has 0 spiro atoms. The first-order chi connectivity index (χ1) is 9.99. The van der Waals surface area contributed by atoms with Gasteiger partial charge in [0.1, 0.15) is 0 Å². The Labute approximate surface area is 125 Å². The van der Waals surface area contributed by atoms with Crippen LogP contribution in [0.2, 0.25) is 0 Å². The lowest BCUT2D eigenvalue weighted by molar-refractivity contribution is -0.243. The largest absolute Gasteiger partial charge is 0.467 e. The number of aliphatic hydroxyl groups is 1. The zero-order valence-electron chi connectivity index (χ0n) is 12.8. The van der Waals surface area contributed by atoms with Crippen molar-refractivity contribution >= 4 is 5.97 Å². The van der Waals surface area contributed by atoms with Gasteiger partial charge in [0.05, 0.1) is 13.2 Å². The molecule has 0 bridgehead atoms. The molecular weight excluding hydrogens is 270 g/mol. The Hall–Kier alpha value is -1.43. The van der Waals surface area contributed by atoms with E-state index in [0.717, 1.165) is 5.56 Å². The van der Waals surface area contributed by atoms with Gasteiger partial charge in [-0.05, 0) is 11.5 Å². The van der Waals surface area contributed by atoms with E-state index in [-0.39, 0.29) is 5.92 Å². The Bertz CT molecular complexity index is 476. The summed E-state index contributed by atoms with van der Waals surface area (Å²) in [5, 5.41) is 12.1. The van der Waals surface area contributed by atoms with Crippen LogP contribution in [0.3, 0.4) is 0 Å². The first-order valence-electron chi connectivity index (χ1n) is 7.24. The number of rotatable bonds is 5. The molecule has 116 valence electrons. The number of aliphatic hydroxyl groups excluding tert-OH is 1. The molecule has 0 amide bonds. The van der Waals surface area contributed by atoms with E-state index in [4.69, 9.17) is 9.57 Å². The second-order valence-electron chi connectivity index (χ2n) is 5.76. The fraction of sp³-hybridized carbons (Fsp3) is 0.562. The van der Waals surface area contributed by atoms with Crippen molar-refractivity contribution in [2.24, 2.45) is 5.92 Å². The number of hydroxylamine groups is 2. The molecule has 1 N–H and O–H groups in total. The number of nitrogens with zero attached hydrogens (tertiary/aromatic N) is 1. The number of esters is 1. The monoisotopic (exact) mass is 293 g/mol. The summed E-state index contributed by atoms with van der Waals surface area (Å²) in [4.78, 5) is 18.0. The molecule has 21 heavy (non-hydrogen) atoms. The summed E-state index contributed by atoms with van der Waals surface area (Å²) in [6.07, 6.45) is -0.475. The average Bonchev–Trinajstić information content (AvgIpc) is 2.91. The van der Waals surface area contributed by atoms with Crippen LogP contribution < -0.4 is 0 Å². The summed E-state index contributed by atoms with van der Waals surface area (Å²) in [5.74, 6) is -0.611. The highest BCUT2D eigenvalue weighted by Crippen LogP contribution is 2.34. The number of benzene rings is 1. The molecule has 5 heteroatoms. The Morgan fingerprint density at radius 3 is 2.67 bits per heavy atom. The van der Waals surface area contributed by atoms with Crippen LogP contribution in [0.25, 0.3) is 0 Å². The Morgan fingerprint density at radius 1 is 1.43 bits per heavy atom. The maximum Gasteiger partial charge on any atom is 0.343 e. The lowest BCUT2D eigenvalue weighted by Crippen LogP contribution is -2.53. The fourth-order valence-corrected chi connectivity index (χ4v) is 2.68. The minimum atomic E-state index is -1.29. The molecular formula is C16H23NO4. The van der Waals surface area contributed by atoms with Gasteiger partial charge in [-0.1, -0.05) is 44.2 Å². The highest BCUT2D eigenvalue weighted by molar-refractivity contribution is 5.80. The van der Waals surface area contributed by atoms with Gasteiger partial charge in [0.15, 0.2) is 0 Å². The molecule has 0 aliphatic carbocycles. The van der Waals surface area contributed by atoms with Crippen molar-refractivity contribution in [1.82, 2.24) is 5.06 Å². The molecule has 0 aromatic heterocycles. The van der Waals surface area contributed by atoms with Crippen LogP contribution in [0.15, 0.2) is 30.3 Å². The van der Waals surface area contributed by atoms with Crippen LogP contribution in [0.1, 0.15) is 25.8 Å². The molecule has 1 aromatic rings. The van der Waals surface area contributed by atoms with Crippen molar-refractivity contribution in [3.8, 4) is 0 Å². The van der Waals surface area contributed by atoms with E-state index in [1.54, 1.807) is 5.06 Å². The van der Waals surface area contributed by atoms with Crippen LogP contribution >= 0.6 is 0 Å². The highest BCUT2D eigenvalue weighted by Gasteiger charge is 2.54. The summed E-state index contributed by atoms with van der Waals surface area (Å²) >= 11 is 0. The molecule has 1 saturated heterocycles. The summed E-state index contributed by atoms with van der Waals surface area (Å²) in [6.45, 7) is 4.87. The first kappa shape index (κ1) is 15.9. The van der Waals surface area contributed by atoms with Crippen LogP contribution in [0, 0.1) is 5.92 Å². The number of ether oxygens (including phenoxy) is 1. The van der Waals surface area contributed by atoms with Gasteiger partial charge in [0.25, 0.3) is 0 Å². The topological polar surface area (TPSA) is 59.0 Å².